The minimum Gasteiger partial charge on any atom is -0.316 e. The molecule has 2 aromatic heterocycles. The SMILES string of the molecule is Cc1c(Cn2cc3n(c2=O)-c2ccccc2C3)ncn1C(c1ccccc1)(c1ccccc1)c1ccccc1. The highest BCUT2D eigenvalue weighted by Gasteiger charge is 2.39. The van der Waals surface area contributed by atoms with Crippen LogP contribution in [0.2, 0.25) is 0 Å². The molecule has 0 amide bonds. The quantitative estimate of drug-likeness (QED) is 0.261. The van der Waals surface area contributed by atoms with Crippen molar-refractivity contribution in [1.29, 1.82) is 0 Å². The van der Waals surface area contributed by atoms with Crippen molar-refractivity contribution in [3.05, 3.63) is 178 Å². The molecule has 0 aliphatic carbocycles. The molecular weight excluding hydrogens is 480 g/mol. The zero-order valence-corrected chi connectivity index (χ0v) is 21.7. The van der Waals surface area contributed by atoms with Crippen molar-refractivity contribution in [3.63, 3.8) is 0 Å². The van der Waals surface area contributed by atoms with E-state index in [2.05, 4.69) is 90.4 Å². The molecule has 1 aliphatic rings. The summed E-state index contributed by atoms with van der Waals surface area (Å²) in [5.74, 6) is 0. The van der Waals surface area contributed by atoms with Gasteiger partial charge < -0.3 is 4.57 Å². The lowest BCUT2D eigenvalue weighted by molar-refractivity contribution is 0.502. The molecule has 39 heavy (non-hydrogen) atoms. The maximum absolute atomic E-state index is 13.5. The lowest BCUT2D eigenvalue weighted by atomic mass is 9.76. The Morgan fingerprint density at radius 3 is 1.87 bits per heavy atom. The predicted molar refractivity (Wildman–Crippen MR) is 154 cm³/mol. The van der Waals surface area contributed by atoms with E-state index in [1.165, 1.54) is 5.56 Å². The van der Waals surface area contributed by atoms with Crippen molar-refractivity contribution in [2.24, 2.45) is 0 Å². The van der Waals surface area contributed by atoms with Gasteiger partial charge in [-0.1, -0.05) is 109 Å². The Balaban J connectivity index is 1.39. The molecule has 0 N–H and O–H groups in total. The third-order valence-electron chi connectivity index (χ3n) is 8.00. The molecule has 5 heteroatoms. The number of hydrogen-bond donors (Lipinski definition) is 0. The van der Waals surface area contributed by atoms with E-state index in [1.807, 2.05) is 53.5 Å². The molecule has 0 spiro atoms. The van der Waals surface area contributed by atoms with E-state index < -0.39 is 5.54 Å². The maximum Gasteiger partial charge on any atom is 0.333 e. The van der Waals surface area contributed by atoms with Gasteiger partial charge in [-0.15, -0.1) is 0 Å². The number of fused-ring (bicyclic) bond motifs is 3. The van der Waals surface area contributed by atoms with Crippen LogP contribution < -0.4 is 5.69 Å². The van der Waals surface area contributed by atoms with Crippen LogP contribution in [0.4, 0.5) is 0 Å². The summed E-state index contributed by atoms with van der Waals surface area (Å²) >= 11 is 0. The Labute approximate surface area is 227 Å². The zero-order valence-electron chi connectivity index (χ0n) is 21.7. The first kappa shape index (κ1) is 23.2. The van der Waals surface area contributed by atoms with Gasteiger partial charge in [0.2, 0.25) is 0 Å². The van der Waals surface area contributed by atoms with Crippen LogP contribution in [0.1, 0.15) is 39.3 Å². The molecule has 1 aliphatic heterocycles. The molecule has 0 bridgehead atoms. The number of nitrogens with zero attached hydrogens (tertiary/aromatic N) is 4. The second-order valence-electron chi connectivity index (χ2n) is 10.1. The van der Waals surface area contributed by atoms with E-state index in [9.17, 15) is 4.79 Å². The summed E-state index contributed by atoms with van der Waals surface area (Å²) in [5.41, 5.74) is 7.86. The molecule has 0 saturated carbocycles. The van der Waals surface area contributed by atoms with Gasteiger partial charge in [0.05, 0.1) is 24.3 Å². The smallest absolute Gasteiger partial charge is 0.316 e. The highest BCUT2D eigenvalue weighted by Crippen LogP contribution is 2.42. The summed E-state index contributed by atoms with van der Waals surface area (Å²) in [6.45, 7) is 2.52. The third-order valence-corrected chi connectivity index (χ3v) is 8.00. The minimum absolute atomic E-state index is 0.0238. The second-order valence-corrected chi connectivity index (χ2v) is 10.1. The van der Waals surface area contributed by atoms with Gasteiger partial charge in [0, 0.05) is 24.0 Å². The van der Waals surface area contributed by atoms with Crippen molar-refractivity contribution in [2.45, 2.75) is 25.4 Å². The Hall–Kier alpha value is -4.90. The van der Waals surface area contributed by atoms with Crippen LogP contribution in [-0.4, -0.2) is 18.7 Å². The first-order valence-corrected chi connectivity index (χ1v) is 13.3. The first-order valence-electron chi connectivity index (χ1n) is 13.3. The van der Waals surface area contributed by atoms with Gasteiger partial charge in [-0.3, -0.25) is 9.13 Å². The minimum atomic E-state index is -0.633. The first-order chi connectivity index (χ1) is 19.2. The summed E-state index contributed by atoms with van der Waals surface area (Å²) in [7, 11) is 0. The normalized spacial score (nSPS) is 12.3. The molecule has 3 heterocycles. The van der Waals surface area contributed by atoms with Crippen LogP contribution in [-0.2, 0) is 18.5 Å². The Kier molecular flexibility index (Phi) is 5.44. The monoisotopic (exact) mass is 508 g/mol. The van der Waals surface area contributed by atoms with E-state index >= 15 is 0 Å². The van der Waals surface area contributed by atoms with Crippen LogP contribution in [0.25, 0.3) is 5.69 Å². The molecule has 7 rings (SSSR count). The highest BCUT2D eigenvalue weighted by molar-refractivity contribution is 5.52. The zero-order chi connectivity index (χ0) is 26.4. The van der Waals surface area contributed by atoms with E-state index in [-0.39, 0.29) is 5.69 Å². The summed E-state index contributed by atoms with van der Waals surface area (Å²) < 4.78 is 5.90. The number of aromatic nitrogens is 4. The summed E-state index contributed by atoms with van der Waals surface area (Å²) in [6.07, 6.45) is 4.69. The van der Waals surface area contributed by atoms with Gasteiger partial charge in [-0.25, -0.2) is 9.78 Å². The molecule has 6 aromatic rings. The molecule has 0 unspecified atom stereocenters. The molecule has 5 nitrogen and oxygen atoms in total. The van der Waals surface area contributed by atoms with E-state index in [1.54, 1.807) is 4.57 Å². The maximum atomic E-state index is 13.5. The Morgan fingerprint density at radius 2 is 1.28 bits per heavy atom. The fourth-order valence-corrected chi connectivity index (χ4v) is 6.17. The molecular formula is C34H28N4O. The fourth-order valence-electron chi connectivity index (χ4n) is 6.17. The third kappa shape index (κ3) is 3.54. The van der Waals surface area contributed by atoms with E-state index in [0.717, 1.165) is 45.9 Å². The molecule has 4 aromatic carbocycles. The molecule has 0 fully saturated rings. The van der Waals surface area contributed by atoms with Gasteiger partial charge in [-0.2, -0.15) is 0 Å². The summed E-state index contributed by atoms with van der Waals surface area (Å²) in [5, 5.41) is 0. The lowest BCUT2D eigenvalue weighted by Gasteiger charge is -2.38. The van der Waals surface area contributed by atoms with Crippen molar-refractivity contribution < 1.29 is 0 Å². The number of para-hydroxylation sites is 1. The highest BCUT2D eigenvalue weighted by atomic mass is 16.1. The summed E-state index contributed by atoms with van der Waals surface area (Å²) in [4.78, 5) is 18.4. The van der Waals surface area contributed by atoms with Crippen LogP contribution in [0.3, 0.4) is 0 Å². The van der Waals surface area contributed by atoms with Gasteiger partial charge in [0.15, 0.2) is 0 Å². The van der Waals surface area contributed by atoms with Gasteiger partial charge in [0.1, 0.15) is 5.54 Å². The standard InChI is InChI=1S/C34H28N4O/c1-25-31(23-36-22-30-21-26-13-11-12-20-32(26)38(30)33(36)39)35-24-37(25)34(27-14-5-2-6-15-27,28-16-7-3-8-17-28)29-18-9-4-10-19-29/h2-20,22,24H,21,23H2,1H3. The molecule has 0 atom stereocenters. The van der Waals surface area contributed by atoms with Crippen LogP contribution >= 0.6 is 0 Å². The fraction of sp³-hybridized carbons (Fsp3) is 0.118. The van der Waals surface area contributed by atoms with Gasteiger partial charge in [-0.05, 0) is 35.2 Å². The molecule has 0 radical (unpaired) electrons. The largest absolute Gasteiger partial charge is 0.333 e. The van der Waals surface area contributed by atoms with Crippen LogP contribution in [0.5, 0.6) is 0 Å². The van der Waals surface area contributed by atoms with Crippen LogP contribution in [0, 0.1) is 6.92 Å². The number of rotatable bonds is 6. The van der Waals surface area contributed by atoms with E-state index in [0.29, 0.717) is 6.54 Å². The van der Waals surface area contributed by atoms with Crippen LogP contribution in [0.15, 0.2) is 133 Å². The van der Waals surface area contributed by atoms with E-state index in [4.69, 9.17) is 4.98 Å². The Morgan fingerprint density at radius 1 is 0.744 bits per heavy atom. The Bertz CT molecular complexity index is 1730. The van der Waals surface area contributed by atoms with Crippen molar-refractivity contribution in [2.75, 3.05) is 0 Å². The predicted octanol–water partition coefficient (Wildman–Crippen LogP) is 5.94. The van der Waals surface area contributed by atoms with Crippen molar-refractivity contribution in [1.82, 2.24) is 18.7 Å². The molecule has 0 saturated heterocycles. The van der Waals surface area contributed by atoms with Crippen molar-refractivity contribution in [3.8, 4) is 5.69 Å². The number of hydrogen-bond acceptors (Lipinski definition) is 2. The second kappa shape index (κ2) is 9.14. The van der Waals surface area contributed by atoms with Crippen molar-refractivity contribution >= 4 is 0 Å². The number of benzene rings is 4. The average molecular weight is 509 g/mol. The molecule has 190 valence electrons. The topological polar surface area (TPSA) is 44.8 Å². The summed E-state index contributed by atoms with van der Waals surface area (Å²) in [6, 6.07) is 39.9. The lowest BCUT2D eigenvalue weighted by Crippen LogP contribution is -2.38. The van der Waals surface area contributed by atoms with Gasteiger partial charge in [0.25, 0.3) is 0 Å². The number of imidazole rings is 2. The average Bonchev–Trinajstić information content (AvgIpc) is 3.64. The van der Waals surface area contributed by atoms with Gasteiger partial charge >= 0.3 is 5.69 Å².